The van der Waals surface area contributed by atoms with Gasteiger partial charge in [-0.1, -0.05) is 41.3 Å². The lowest BCUT2D eigenvalue weighted by Crippen LogP contribution is -2.40. The van der Waals surface area contributed by atoms with Crippen LogP contribution in [0.3, 0.4) is 0 Å². The fourth-order valence-electron chi connectivity index (χ4n) is 3.76. The minimum Gasteiger partial charge on any atom is -0.369 e. The molecule has 0 amide bonds. The van der Waals surface area contributed by atoms with Gasteiger partial charge in [-0.25, -0.2) is 0 Å². The van der Waals surface area contributed by atoms with Crippen molar-refractivity contribution in [1.82, 2.24) is 5.32 Å². The van der Waals surface area contributed by atoms with Gasteiger partial charge >= 0.3 is 0 Å². The average molecular weight is 351 g/mol. The first-order valence-electron chi connectivity index (χ1n) is 8.49. The number of fused-ring (bicyclic) bond motifs is 1. The SMILES string of the molecule is CC(CN1CCc2ccc(Br)cc21)NCC1CCCCC1. The Morgan fingerprint density at radius 3 is 2.90 bits per heavy atom. The van der Waals surface area contributed by atoms with E-state index in [0.29, 0.717) is 6.04 Å². The molecule has 1 N–H and O–H groups in total. The highest BCUT2D eigenvalue weighted by atomic mass is 79.9. The van der Waals surface area contributed by atoms with Gasteiger partial charge in [0.2, 0.25) is 0 Å². The third-order valence-electron chi connectivity index (χ3n) is 5.01. The lowest BCUT2D eigenvalue weighted by atomic mass is 9.89. The predicted octanol–water partition coefficient (Wildman–Crippen LogP) is 4.37. The van der Waals surface area contributed by atoms with Gasteiger partial charge in [0.05, 0.1) is 0 Å². The van der Waals surface area contributed by atoms with Gasteiger partial charge in [0.1, 0.15) is 0 Å². The molecule has 0 radical (unpaired) electrons. The van der Waals surface area contributed by atoms with E-state index in [1.165, 1.54) is 67.3 Å². The number of nitrogens with one attached hydrogen (secondary N) is 1. The van der Waals surface area contributed by atoms with Gasteiger partial charge in [-0.2, -0.15) is 0 Å². The highest BCUT2D eigenvalue weighted by molar-refractivity contribution is 9.10. The summed E-state index contributed by atoms with van der Waals surface area (Å²) in [6.45, 7) is 5.83. The Morgan fingerprint density at radius 1 is 1.29 bits per heavy atom. The zero-order chi connectivity index (χ0) is 14.7. The van der Waals surface area contributed by atoms with E-state index in [2.05, 4.69) is 51.3 Å². The molecule has 0 aromatic heterocycles. The molecular formula is C18H27BrN2. The molecule has 2 nitrogen and oxygen atoms in total. The highest BCUT2D eigenvalue weighted by Gasteiger charge is 2.21. The average Bonchev–Trinajstić information content (AvgIpc) is 2.88. The van der Waals surface area contributed by atoms with Crippen molar-refractivity contribution in [1.29, 1.82) is 0 Å². The van der Waals surface area contributed by atoms with Crippen LogP contribution < -0.4 is 10.2 Å². The third-order valence-corrected chi connectivity index (χ3v) is 5.51. The second-order valence-electron chi connectivity index (χ2n) is 6.78. The van der Waals surface area contributed by atoms with Crippen LogP contribution in [0.25, 0.3) is 0 Å². The normalized spacial score (nSPS) is 20.6. The largest absolute Gasteiger partial charge is 0.369 e. The second-order valence-corrected chi connectivity index (χ2v) is 7.70. The molecule has 0 saturated heterocycles. The molecule has 2 aliphatic rings. The molecule has 3 heteroatoms. The first-order chi connectivity index (χ1) is 10.2. The molecule has 1 aliphatic heterocycles. The smallest absolute Gasteiger partial charge is 0.0411 e. The summed E-state index contributed by atoms with van der Waals surface area (Å²) in [6, 6.07) is 7.26. The summed E-state index contributed by atoms with van der Waals surface area (Å²) < 4.78 is 1.19. The first-order valence-corrected chi connectivity index (χ1v) is 9.28. The van der Waals surface area contributed by atoms with Gasteiger partial charge in [-0.15, -0.1) is 0 Å². The van der Waals surface area contributed by atoms with Crippen LogP contribution in [-0.4, -0.2) is 25.7 Å². The van der Waals surface area contributed by atoms with Crippen molar-refractivity contribution >= 4 is 21.6 Å². The van der Waals surface area contributed by atoms with Crippen molar-refractivity contribution in [2.45, 2.75) is 51.5 Å². The van der Waals surface area contributed by atoms with Crippen LogP contribution in [0.5, 0.6) is 0 Å². The van der Waals surface area contributed by atoms with Crippen LogP contribution in [0.4, 0.5) is 5.69 Å². The van der Waals surface area contributed by atoms with Crippen LogP contribution in [0.1, 0.15) is 44.6 Å². The van der Waals surface area contributed by atoms with Gasteiger partial charge in [0.15, 0.2) is 0 Å². The number of nitrogens with zero attached hydrogens (tertiary/aromatic N) is 1. The van der Waals surface area contributed by atoms with E-state index in [1.807, 2.05) is 0 Å². The molecule has 21 heavy (non-hydrogen) atoms. The molecule has 1 aromatic rings. The molecule has 116 valence electrons. The van der Waals surface area contributed by atoms with Crippen molar-refractivity contribution in [3.63, 3.8) is 0 Å². The first kappa shape index (κ1) is 15.4. The van der Waals surface area contributed by atoms with Crippen molar-refractivity contribution in [3.05, 3.63) is 28.2 Å². The molecule has 1 atom stereocenters. The topological polar surface area (TPSA) is 15.3 Å². The van der Waals surface area contributed by atoms with E-state index in [1.54, 1.807) is 0 Å². The Kier molecular flexibility index (Phi) is 5.23. The lowest BCUT2D eigenvalue weighted by Gasteiger charge is -2.27. The molecule has 0 spiro atoms. The Labute approximate surface area is 137 Å². The molecule has 1 saturated carbocycles. The van der Waals surface area contributed by atoms with Gasteiger partial charge in [-0.3, -0.25) is 0 Å². The summed E-state index contributed by atoms with van der Waals surface area (Å²) in [7, 11) is 0. The molecular weight excluding hydrogens is 324 g/mol. The van der Waals surface area contributed by atoms with E-state index < -0.39 is 0 Å². The minimum atomic E-state index is 0.567. The van der Waals surface area contributed by atoms with Gasteiger partial charge in [-0.05, 0) is 56.3 Å². The Morgan fingerprint density at radius 2 is 2.10 bits per heavy atom. The van der Waals surface area contributed by atoms with E-state index in [4.69, 9.17) is 0 Å². The number of hydrogen-bond acceptors (Lipinski definition) is 2. The quantitative estimate of drug-likeness (QED) is 0.847. The minimum absolute atomic E-state index is 0.567. The molecule has 1 heterocycles. The van der Waals surface area contributed by atoms with Crippen LogP contribution in [-0.2, 0) is 6.42 Å². The molecule has 1 aromatic carbocycles. The second kappa shape index (κ2) is 7.15. The van der Waals surface area contributed by atoms with Crippen molar-refractivity contribution in [2.75, 3.05) is 24.5 Å². The number of rotatable bonds is 5. The summed E-state index contributed by atoms with van der Waals surface area (Å²) in [4.78, 5) is 2.54. The van der Waals surface area contributed by atoms with Crippen molar-refractivity contribution in [2.24, 2.45) is 5.92 Å². The maximum absolute atomic E-state index is 3.77. The molecule has 0 bridgehead atoms. The maximum atomic E-state index is 3.77. The van der Waals surface area contributed by atoms with Gasteiger partial charge < -0.3 is 10.2 Å². The van der Waals surface area contributed by atoms with E-state index in [9.17, 15) is 0 Å². The van der Waals surface area contributed by atoms with Gasteiger partial charge in [0.25, 0.3) is 0 Å². The molecule has 1 fully saturated rings. The number of halogens is 1. The monoisotopic (exact) mass is 350 g/mol. The fourth-order valence-corrected chi connectivity index (χ4v) is 4.11. The van der Waals surface area contributed by atoms with Crippen LogP contribution >= 0.6 is 15.9 Å². The maximum Gasteiger partial charge on any atom is 0.0411 e. The molecule has 3 rings (SSSR count). The van der Waals surface area contributed by atoms with Crippen molar-refractivity contribution in [3.8, 4) is 0 Å². The summed E-state index contributed by atoms with van der Waals surface area (Å²) in [6.07, 6.45) is 8.38. The summed E-state index contributed by atoms with van der Waals surface area (Å²) in [5.41, 5.74) is 2.92. The summed E-state index contributed by atoms with van der Waals surface area (Å²) in [5.74, 6) is 0.918. The third kappa shape index (κ3) is 4.01. The molecule has 1 aliphatic carbocycles. The van der Waals surface area contributed by atoms with Crippen LogP contribution in [0, 0.1) is 5.92 Å². The fraction of sp³-hybridized carbons (Fsp3) is 0.667. The van der Waals surface area contributed by atoms with Crippen LogP contribution in [0.15, 0.2) is 22.7 Å². The number of hydrogen-bond donors (Lipinski definition) is 1. The zero-order valence-corrected chi connectivity index (χ0v) is 14.7. The Bertz CT molecular complexity index is 468. The van der Waals surface area contributed by atoms with Crippen LogP contribution in [0.2, 0.25) is 0 Å². The van der Waals surface area contributed by atoms with Gasteiger partial charge in [0, 0.05) is 29.3 Å². The Balaban J connectivity index is 1.49. The van der Waals surface area contributed by atoms with E-state index in [-0.39, 0.29) is 0 Å². The number of anilines is 1. The Hall–Kier alpha value is -0.540. The standard InChI is InChI=1S/C18H27BrN2/c1-14(20-12-15-5-3-2-4-6-15)13-21-10-9-16-7-8-17(19)11-18(16)21/h7-8,11,14-15,20H,2-6,9-10,12-13H2,1H3. The number of benzene rings is 1. The van der Waals surface area contributed by atoms with E-state index in [0.717, 1.165) is 12.5 Å². The molecule has 1 unspecified atom stereocenters. The zero-order valence-electron chi connectivity index (χ0n) is 13.1. The lowest BCUT2D eigenvalue weighted by molar-refractivity contribution is 0.330. The van der Waals surface area contributed by atoms with Crippen molar-refractivity contribution < 1.29 is 0 Å². The summed E-state index contributed by atoms with van der Waals surface area (Å²) in [5, 5.41) is 3.77. The van der Waals surface area contributed by atoms with E-state index >= 15 is 0 Å². The predicted molar refractivity (Wildman–Crippen MR) is 94.1 cm³/mol. The summed E-state index contributed by atoms with van der Waals surface area (Å²) >= 11 is 3.60. The highest BCUT2D eigenvalue weighted by Crippen LogP contribution is 2.31.